The topological polar surface area (TPSA) is 87.0 Å². The van der Waals surface area contributed by atoms with Gasteiger partial charge >= 0.3 is 5.97 Å². The Balaban J connectivity index is 1.70. The number of hydrogen-bond donors (Lipinski definition) is 3. The maximum absolute atomic E-state index is 12.4. The zero-order valence-corrected chi connectivity index (χ0v) is 21.0. The highest BCUT2D eigenvalue weighted by Crippen LogP contribution is 2.59. The SMILES string of the molecule is C=C1C(=CC=C2CCC[C@@]3(C)C2CC[C@@H]3[C@H](C)COC(=O)C(O)(CC)CC)C[C@@H](O)C[C@@H]1O. The van der Waals surface area contributed by atoms with E-state index in [9.17, 15) is 20.1 Å². The van der Waals surface area contributed by atoms with Crippen molar-refractivity contribution in [1.82, 2.24) is 0 Å². The highest BCUT2D eigenvalue weighted by atomic mass is 16.5. The average molecular weight is 461 g/mol. The Morgan fingerprint density at radius 2 is 1.97 bits per heavy atom. The van der Waals surface area contributed by atoms with Crippen LogP contribution in [-0.4, -0.2) is 45.7 Å². The van der Waals surface area contributed by atoms with E-state index < -0.39 is 23.8 Å². The number of hydrogen-bond acceptors (Lipinski definition) is 5. The van der Waals surface area contributed by atoms with Crippen LogP contribution in [0.5, 0.6) is 0 Å². The predicted octanol–water partition coefficient (Wildman–Crippen LogP) is 4.86. The third-order valence-corrected chi connectivity index (χ3v) is 9.02. The second kappa shape index (κ2) is 10.5. The Labute approximate surface area is 199 Å². The Hall–Kier alpha value is -1.43. The highest BCUT2D eigenvalue weighted by Gasteiger charge is 2.51. The number of fused-ring (bicyclic) bond motifs is 1. The summed E-state index contributed by atoms with van der Waals surface area (Å²) in [5, 5.41) is 30.6. The molecule has 6 atom stereocenters. The van der Waals surface area contributed by atoms with Crippen LogP contribution < -0.4 is 0 Å². The van der Waals surface area contributed by atoms with Crippen LogP contribution >= 0.6 is 0 Å². The van der Waals surface area contributed by atoms with Crippen molar-refractivity contribution in [2.75, 3.05) is 6.61 Å². The van der Waals surface area contributed by atoms with E-state index in [4.69, 9.17) is 4.74 Å². The van der Waals surface area contributed by atoms with Gasteiger partial charge in [0, 0.05) is 6.42 Å². The minimum Gasteiger partial charge on any atom is -0.463 e. The molecule has 0 heterocycles. The number of carbonyl (C=O) groups excluding carboxylic acids is 1. The van der Waals surface area contributed by atoms with Gasteiger partial charge in [-0.25, -0.2) is 4.79 Å². The number of rotatable bonds is 7. The summed E-state index contributed by atoms with van der Waals surface area (Å²) in [6.07, 6.45) is 10.4. The first-order valence-electron chi connectivity index (χ1n) is 12.9. The second-order valence-corrected chi connectivity index (χ2v) is 11.0. The molecular formula is C28H44O5. The van der Waals surface area contributed by atoms with E-state index in [1.165, 1.54) is 12.0 Å². The van der Waals surface area contributed by atoms with Crippen LogP contribution in [0.25, 0.3) is 0 Å². The molecule has 186 valence electrons. The van der Waals surface area contributed by atoms with Crippen LogP contribution in [0.3, 0.4) is 0 Å². The smallest absolute Gasteiger partial charge is 0.338 e. The first-order valence-corrected chi connectivity index (χ1v) is 12.9. The van der Waals surface area contributed by atoms with Gasteiger partial charge in [-0.05, 0) is 85.7 Å². The van der Waals surface area contributed by atoms with Crippen LogP contribution in [0.2, 0.25) is 0 Å². The number of ether oxygens (including phenoxy) is 1. The van der Waals surface area contributed by atoms with Gasteiger partial charge in [0.2, 0.25) is 0 Å². The predicted molar refractivity (Wildman–Crippen MR) is 130 cm³/mol. The van der Waals surface area contributed by atoms with Crippen LogP contribution in [0.4, 0.5) is 0 Å². The molecule has 33 heavy (non-hydrogen) atoms. The van der Waals surface area contributed by atoms with Crippen molar-refractivity contribution >= 4 is 5.97 Å². The van der Waals surface area contributed by atoms with E-state index in [1.54, 1.807) is 0 Å². The van der Waals surface area contributed by atoms with Gasteiger partial charge in [0.1, 0.15) is 0 Å². The second-order valence-electron chi connectivity index (χ2n) is 11.0. The van der Waals surface area contributed by atoms with Crippen molar-refractivity contribution in [3.8, 4) is 0 Å². The number of carbonyl (C=O) groups is 1. The minimum atomic E-state index is -1.37. The zero-order valence-electron chi connectivity index (χ0n) is 21.0. The van der Waals surface area contributed by atoms with Crippen molar-refractivity contribution in [3.05, 3.63) is 35.5 Å². The van der Waals surface area contributed by atoms with Crippen LogP contribution in [0, 0.1) is 23.2 Å². The summed E-state index contributed by atoms with van der Waals surface area (Å²) in [6, 6.07) is 0. The monoisotopic (exact) mass is 460 g/mol. The normalized spacial score (nSPS) is 36.2. The van der Waals surface area contributed by atoms with Crippen molar-refractivity contribution in [2.45, 2.75) is 103 Å². The molecule has 3 aliphatic carbocycles. The van der Waals surface area contributed by atoms with Crippen LogP contribution in [0.15, 0.2) is 35.5 Å². The summed E-state index contributed by atoms with van der Waals surface area (Å²) in [7, 11) is 0. The maximum atomic E-state index is 12.4. The van der Waals surface area contributed by atoms with Crippen molar-refractivity contribution in [1.29, 1.82) is 0 Å². The molecule has 0 aromatic rings. The molecule has 0 aliphatic heterocycles. The van der Waals surface area contributed by atoms with Gasteiger partial charge in [-0.3, -0.25) is 0 Å². The van der Waals surface area contributed by atoms with Crippen molar-refractivity contribution in [3.63, 3.8) is 0 Å². The fourth-order valence-corrected chi connectivity index (χ4v) is 6.68. The summed E-state index contributed by atoms with van der Waals surface area (Å²) in [6.45, 7) is 12.6. The van der Waals surface area contributed by atoms with Gasteiger partial charge < -0.3 is 20.1 Å². The van der Waals surface area contributed by atoms with Crippen molar-refractivity contribution in [2.24, 2.45) is 23.2 Å². The molecule has 0 spiro atoms. The van der Waals surface area contributed by atoms with Gasteiger partial charge in [0.25, 0.3) is 0 Å². The molecule has 0 bridgehead atoms. The summed E-state index contributed by atoms with van der Waals surface area (Å²) < 4.78 is 5.60. The third-order valence-electron chi connectivity index (χ3n) is 9.02. The quantitative estimate of drug-likeness (QED) is 0.473. The van der Waals surface area contributed by atoms with Gasteiger partial charge in [-0.2, -0.15) is 0 Å². The minimum absolute atomic E-state index is 0.169. The van der Waals surface area contributed by atoms with E-state index in [0.29, 0.717) is 44.1 Å². The van der Waals surface area contributed by atoms with Crippen LogP contribution in [-0.2, 0) is 9.53 Å². The summed E-state index contributed by atoms with van der Waals surface area (Å²) in [5.74, 6) is 0.715. The molecule has 3 saturated carbocycles. The summed E-state index contributed by atoms with van der Waals surface area (Å²) >= 11 is 0. The number of allylic oxidation sites excluding steroid dienone is 3. The fraction of sp³-hybridized carbons (Fsp3) is 0.750. The van der Waals surface area contributed by atoms with E-state index in [-0.39, 0.29) is 11.3 Å². The van der Waals surface area contributed by atoms with Crippen molar-refractivity contribution < 1.29 is 24.9 Å². The molecule has 5 nitrogen and oxygen atoms in total. The Bertz CT molecular complexity index is 792. The largest absolute Gasteiger partial charge is 0.463 e. The summed E-state index contributed by atoms with van der Waals surface area (Å²) in [4.78, 5) is 12.4. The lowest BCUT2D eigenvalue weighted by Gasteiger charge is -2.44. The lowest BCUT2D eigenvalue weighted by molar-refractivity contribution is -0.168. The number of aliphatic hydroxyl groups is 3. The molecule has 3 aliphatic rings. The summed E-state index contributed by atoms with van der Waals surface area (Å²) in [5.41, 5.74) is 1.94. The number of esters is 1. The molecule has 0 radical (unpaired) electrons. The standard InChI is InChI=1S/C28H44O5/c1-6-28(32,7-2)26(31)33-17-18(3)23-12-13-24-20(9-8-14-27(23,24)5)10-11-21-15-22(29)16-25(30)19(21)4/h10-11,18,22-25,29-30,32H,4,6-9,12-17H2,1-3,5H3/t18-,22-,23-,24?,25+,27-/m1/s1. The molecular weight excluding hydrogens is 416 g/mol. The molecule has 0 amide bonds. The van der Waals surface area contributed by atoms with Crippen LogP contribution in [0.1, 0.15) is 85.5 Å². The Kier molecular flexibility index (Phi) is 8.29. The van der Waals surface area contributed by atoms with Gasteiger partial charge in [-0.15, -0.1) is 0 Å². The molecule has 3 N–H and O–H groups in total. The van der Waals surface area contributed by atoms with Gasteiger partial charge in [0.15, 0.2) is 5.60 Å². The third kappa shape index (κ3) is 5.31. The molecule has 3 rings (SSSR count). The molecule has 0 aromatic heterocycles. The molecule has 0 saturated heterocycles. The molecule has 3 fully saturated rings. The van der Waals surface area contributed by atoms with E-state index in [2.05, 4.69) is 32.6 Å². The average Bonchev–Trinajstić information content (AvgIpc) is 3.15. The molecule has 1 unspecified atom stereocenters. The Morgan fingerprint density at radius 3 is 2.64 bits per heavy atom. The van der Waals surface area contributed by atoms with E-state index in [1.807, 2.05) is 13.8 Å². The fourth-order valence-electron chi connectivity index (χ4n) is 6.68. The maximum Gasteiger partial charge on any atom is 0.338 e. The lowest BCUT2D eigenvalue weighted by Crippen LogP contribution is -2.41. The van der Waals surface area contributed by atoms with Gasteiger partial charge in [0.05, 0.1) is 18.8 Å². The first kappa shape index (κ1) is 26.2. The molecule has 0 aromatic carbocycles. The van der Waals surface area contributed by atoms with E-state index >= 15 is 0 Å². The lowest BCUT2D eigenvalue weighted by atomic mass is 9.61. The Morgan fingerprint density at radius 1 is 1.27 bits per heavy atom. The highest BCUT2D eigenvalue weighted by molar-refractivity contribution is 5.79. The molecule has 5 heteroatoms. The first-order chi connectivity index (χ1) is 15.6. The van der Waals surface area contributed by atoms with Gasteiger partial charge in [-0.1, -0.05) is 52.0 Å². The number of aliphatic hydroxyl groups excluding tert-OH is 2. The van der Waals surface area contributed by atoms with E-state index in [0.717, 1.165) is 36.8 Å². The zero-order chi connectivity index (χ0) is 24.4.